The van der Waals surface area contributed by atoms with Crippen molar-refractivity contribution in [1.82, 2.24) is 0 Å². The number of rotatable bonds is 6. The molecule has 1 saturated heterocycles. The monoisotopic (exact) mass is 344 g/mol. The van der Waals surface area contributed by atoms with Gasteiger partial charge in [-0.25, -0.2) is 0 Å². The van der Waals surface area contributed by atoms with Crippen LogP contribution in [0.1, 0.15) is 65.2 Å². The van der Waals surface area contributed by atoms with Crippen molar-refractivity contribution >= 4 is 23.7 Å². The van der Waals surface area contributed by atoms with Gasteiger partial charge < -0.3 is 9.47 Å². The number of esters is 2. The maximum Gasteiger partial charge on any atom is 0.309 e. The molecule has 0 radical (unpaired) electrons. The van der Waals surface area contributed by atoms with E-state index in [0.717, 1.165) is 31.4 Å². The quantitative estimate of drug-likeness (QED) is 0.676. The Labute approximate surface area is 145 Å². The number of unbranched alkanes of at least 4 members (excludes halogenated alkanes) is 1. The third-order valence-corrected chi connectivity index (χ3v) is 5.44. The van der Waals surface area contributed by atoms with E-state index in [2.05, 4.69) is 13.8 Å². The zero-order chi connectivity index (χ0) is 16.9. The Morgan fingerprint density at radius 3 is 2.61 bits per heavy atom. The van der Waals surface area contributed by atoms with Gasteiger partial charge in [0.15, 0.2) is 0 Å². The van der Waals surface area contributed by atoms with Crippen molar-refractivity contribution in [3.8, 4) is 0 Å². The summed E-state index contributed by atoms with van der Waals surface area (Å²) in [5, 5.41) is 0. The second-order valence-electron chi connectivity index (χ2n) is 6.27. The molecule has 0 saturated carbocycles. The van der Waals surface area contributed by atoms with Crippen LogP contribution in [0.25, 0.3) is 0 Å². The van der Waals surface area contributed by atoms with E-state index < -0.39 is 0 Å². The number of hydrogen-bond donors (Lipinski definition) is 0. The number of carbonyl (C=O) groups excluding carboxylic acids is 2. The highest BCUT2D eigenvalue weighted by atomic mass is 32.2. The van der Waals surface area contributed by atoms with Crippen LogP contribution in [0.4, 0.5) is 0 Å². The molecular weight excluding hydrogens is 312 g/mol. The molecule has 23 heavy (non-hydrogen) atoms. The van der Waals surface area contributed by atoms with E-state index in [0.29, 0.717) is 31.3 Å². The smallest absolute Gasteiger partial charge is 0.309 e. The maximum atomic E-state index is 12.4. The van der Waals surface area contributed by atoms with Crippen molar-refractivity contribution in [3.63, 3.8) is 0 Å². The molecule has 0 spiro atoms. The lowest BCUT2D eigenvalue weighted by Crippen LogP contribution is -2.24. The van der Waals surface area contributed by atoms with Gasteiger partial charge in [-0.15, -0.1) is 0 Å². The van der Waals surface area contributed by atoms with Crippen molar-refractivity contribution in [2.45, 2.75) is 65.2 Å². The molecule has 0 aliphatic carbocycles. The largest absolute Gasteiger partial charge is 0.466 e. The van der Waals surface area contributed by atoms with Crippen molar-refractivity contribution in [3.05, 3.63) is 0 Å². The van der Waals surface area contributed by atoms with Gasteiger partial charge in [-0.05, 0) is 25.2 Å². The van der Waals surface area contributed by atoms with Crippen LogP contribution >= 0.6 is 11.8 Å². The van der Waals surface area contributed by atoms with Crippen LogP contribution in [-0.2, 0) is 19.1 Å². The molecule has 1 rings (SSSR count). The van der Waals surface area contributed by atoms with E-state index in [1.165, 1.54) is 19.3 Å². The predicted octanol–water partition coefficient (Wildman–Crippen LogP) is 4.21. The minimum absolute atomic E-state index is 0.0430. The van der Waals surface area contributed by atoms with Crippen LogP contribution in [0, 0.1) is 11.8 Å². The second-order valence-corrected chi connectivity index (χ2v) is 7.42. The first kappa shape index (κ1) is 20.3. The average Bonchev–Trinajstić information content (AvgIpc) is 2.56. The number of ether oxygens (including phenoxy) is 2. The first-order valence-electron chi connectivity index (χ1n) is 9.07. The van der Waals surface area contributed by atoms with E-state index in [4.69, 9.17) is 9.47 Å². The highest BCUT2D eigenvalue weighted by Gasteiger charge is 2.24. The van der Waals surface area contributed by atoms with Crippen molar-refractivity contribution in [2.75, 3.05) is 24.7 Å². The Kier molecular flexibility index (Phi) is 11.2. The van der Waals surface area contributed by atoms with Crippen LogP contribution in [0.2, 0.25) is 0 Å². The molecule has 0 aromatic heterocycles. The first-order valence-corrected chi connectivity index (χ1v) is 10.2. The number of hydrogen-bond acceptors (Lipinski definition) is 5. The lowest BCUT2D eigenvalue weighted by molar-refractivity contribution is -0.149. The summed E-state index contributed by atoms with van der Waals surface area (Å²) < 4.78 is 10.6. The fourth-order valence-electron chi connectivity index (χ4n) is 2.75. The molecule has 0 N–H and O–H groups in total. The lowest BCUT2D eigenvalue weighted by atomic mass is 9.89. The minimum atomic E-state index is -0.130. The third kappa shape index (κ3) is 9.23. The van der Waals surface area contributed by atoms with Gasteiger partial charge in [0.05, 0.1) is 25.6 Å². The zero-order valence-corrected chi connectivity index (χ0v) is 15.5. The second kappa shape index (κ2) is 12.7. The molecule has 4 nitrogen and oxygen atoms in total. The van der Waals surface area contributed by atoms with Gasteiger partial charge in [0.25, 0.3) is 0 Å². The molecule has 1 heterocycles. The summed E-state index contributed by atoms with van der Waals surface area (Å²) in [6, 6.07) is 0. The highest BCUT2D eigenvalue weighted by molar-refractivity contribution is 7.99. The third-order valence-electron chi connectivity index (χ3n) is 4.31. The van der Waals surface area contributed by atoms with Crippen molar-refractivity contribution in [2.24, 2.45) is 11.8 Å². The molecule has 1 fully saturated rings. The Morgan fingerprint density at radius 2 is 1.91 bits per heavy atom. The summed E-state index contributed by atoms with van der Waals surface area (Å²) in [6.07, 6.45) is 7.57. The van der Waals surface area contributed by atoms with Crippen LogP contribution in [-0.4, -0.2) is 36.7 Å². The number of thioether (sulfide) groups is 1. The Bertz CT molecular complexity index is 346. The predicted molar refractivity (Wildman–Crippen MR) is 94.5 cm³/mol. The van der Waals surface area contributed by atoms with Gasteiger partial charge in [0, 0.05) is 11.5 Å². The Hall–Kier alpha value is -0.710. The topological polar surface area (TPSA) is 52.6 Å². The molecule has 0 aromatic rings. The van der Waals surface area contributed by atoms with Crippen LogP contribution in [0.5, 0.6) is 0 Å². The fourth-order valence-corrected chi connectivity index (χ4v) is 3.78. The molecule has 134 valence electrons. The van der Waals surface area contributed by atoms with Gasteiger partial charge in [-0.1, -0.05) is 39.5 Å². The van der Waals surface area contributed by atoms with Crippen LogP contribution in [0.3, 0.4) is 0 Å². The van der Waals surface area contributed by atoms with Crippen molar-refractivity contribution < 1.29 is 19.1 Å². The van der Waals surface area contributed by atoms with Gasteiger partial charge in [-0.2, -0.15) is 11.8 Å². The lowest BCUT2D eigenvalue weighted by Gasteiger charge is -2.21. The molecule has 0 amide bonds. The van der Waals surface area contributed by atoms with Crippen molar-refractivity contribution in [1.29, 1.82) is 0 Å². The van der Waals surface area contributed by atoms with Gasteiger partial charge in [0.2, 0.25) is 0 Å². The summed E-state index contributed by atoms with van der Waals surface area (Å²) in [5.41, 5.74) is 0. The first-order chi connectivity index (χ1) is 11.2. The molecule has 5 heteroatoms. The zero-order valence-electron chi connectivity index (χ0n) is 14.7. The Balaban J connectivity index is 2.56. The van der Waals surface area contributed by atoms with E-state index in [9.17, 15) is 9.59 Å². The summed E-state index contributed by atoms with van der Waals surface area (Å²) in [6.45, 7) is 5.27. The molecular formula is C18H32O4S. The number of carbonyl (C=O) groups is 2. The molecule has 1 aliphatic heterocycles. The summed E-state index contributed by atoms with van der Waals surface area (Å²) in [7, 11) is 0. The van der Waals surface area contributed by atoms with Crippen LogP contribution in [0.15, 0.2) is 0 Å². The van der Waals surface area contributed by atoms with Crippen LogP contribution < -0.4 is 0 Å². The fraction of sp³-hybridized carbons (Fsp3) is 0.889. The molecule has 2 unspecified atom stereocenters. The standard InChI is InChI=1S/C18H32O4S/c1-3-5-8-15(4-2)13-16-14-23-12-9-17(19)21-10-6-7-11-22-18(16)20/h15-16H,3-14H2,1-2H3. The molecule has 0 aromatic carbocycles. The maximum absolute atomic E-state index is 12.4. The normalized spacial score (nSPS) is 23.0. The Morgan fingerprint density at radius 1 is 1.17 bits per heavy atom. The van der Waals surface area contributed by atoms with Gasteiger partial charge >= 0.3 is 11.9 Å². The summed E-state index contributed by atoms with van der Waals surface area (Å²) >= 11 is 1.66. The number of cyclic esters (lactones) is 2. The SMILES string of the molecule is CCCCC(CC)CC1CSCCC(=O)OCCCCOC1=O. The highest BCUT2D eigenvalue weighted by Crippen LogP contribution is 2.25. The molecule has 1 aliphatic rings. The summed E-state index contributed by atoms with van der Waals surface area (Å²) in [5.74, 6) is 1.82. The van der Waals surface area contributed by atoms with E-state index >= 15 is 0 Å². The van der Waals surface area contributed by atoms with E-state index in [1.807, 2.05) is 0 Å². The summed E-state index contributed by atoms with van der Waals surface area (Å²) in [4.78, 5) is 23.9. The van der Waals surface area contributed by atoms with E-state index in [-0.39, 0.29) is 17.9 Å². The van der Waals surface area contributed by atoms with Gasteiger partial charge in [0.1, 0.15) is 0 Å². The van der Waals surface area contributed by atoms with Gasteiger partial charge in [-0.3, -0.25) is 9.59 Å². The van der Waals surface area contributed by atoms with E-state index in [1.54, 1.807) is 11.8 Å². The molecule has 2 atom stereocenters. The minimum Gasteiger partial charge on any atom is -0.466 e. The molecule has 0 bridgehead atoms. The average molecular weight is 345 g/mol.